The van der Waals surface area contributed by atoms with Crippen LogP contribution in [0.4, 0.5) is 5.00 Å². The van der Waals surface area contributed by atoms with Gasteiger partial charge < -0.3 is 19.9 Å². The molecule has 0 aliphatic carbocycles. The van der Waals surface area contributed by atoms with E-state index in [1.165, 1.54) is 16.7 Å². The van der Waals surface area contributed by atoms with E-state index in [9.17, 15) is 14.4 Å². The second-order valence-electron chi connectivity index (χ2n) is 7.74. The van der Waals surface area contributed by atoms with Crippen LogP contribution in [-0.4, -0.2) is 59.1 Å². The third kappa shape index (κ3) is 5.56. The van der Waals surface area contributed by atoms with Crippen molar-refractivity contribution in [3.8, 4) is 21.1 Å². The van der Waals surface area contributed by atoms with Gasteiger partial charge in [-0.3, -0.25) is 9.59 Å². The smallest absolute Gasteiger partial charge is 0.341 e. The molecule has 4 aromatic rings. The van der Waals surface area contributed by atoms with Crippen LogP contribution in [-0.2, 0) is 9.53 Å². The molecular weight excluding hydrogens is 537 g/mol. The van der Waals surface area contributed by atoms with Crippen LogP contribution in [0.5, 0.6) is 0 Å². The molecule has 2 amide bonds. The second kappa shape index (κ2) is 11.4. The SMILES string of the molecule is CCOC(=O)c1c(NC(=O)CSc2nc(-c3cccs3)c(-c3cccs3)[nH]2)sc(C(=O)N(C)C)c1C. The minimum absolute atomic E-state index is 0.0669. The predicted octanol–water partition coefficient (Wildman–Crippen LogP) is 5.85. The van der Waals surface area contributed by atoms with Crippen LogP contribution in [0.1, 0.15) is 32.5 Å². The lowest BCUT2D eigenvalue weighted by Gasteiger charge is -2.09. The van der Waals surface area contributed by atoms with Gasteiger partial charge in [0.2, 0.25) is 5.91 Å². The number of hydrogen-bond donors (Lipinski definition) is 2. The van der Waals surface area contributed by atoms with E-state index in [0.717, 1.165) is 32.5 Å². The Morgan fingerprint density at radius 2 is 1.83 bits per heavy atom. The largest absolute Gasteiger partial charge is 0.462 e. The second-order valence-corrected chi connectivity index (χ2v) is 11.6. The van der Waals surface area contributed by atoms with Crippen LogP contribution in [0, 0.1) is 6.92 Å². The average molecular weight is 561 g/mol. The van der Waals surface area contributed by atoms with Crippen molar-refractivity contribution in [2.24, 2.45) is 0 Å². The molecule has 4 aromatic heterocycles. The van der Waals surface area contributed by atoms with Gasteiger partial charge in [-0.1, -0.05) is 23.9 Å². The summed E-state index contributed by atoms with van der Waals surface area (Å²) in [6.45, 7) is 3.58. The van der Waals surface area contributed by atoms with E-state index in [1.54, 1.807) is 50.6 Å². The molecule has 8 nitrogen and oxygen atoms in total. The van der Waals surface area contributed by atoms with E-state index in [2.05, 4.69) is 10.3 Å². The third-order valence-electron chi connectivity index (χ3n) is 5.02. The molecule has 0 bridgehead atoms. The topological polar surface area (TPSA) is 104 Å². The Kier molecular flexibility index (Phi) is 8.29. The quantitative estimate of drug-likeness (QED) is 0.197. The Balaban J connectivity index is 1.53. The molecular formula is C24H24N4O4S4. The first-order valence-corrected chi connectivity index (χ1v) is 14.5. The zero-order chi connectivity index (χ0) is 25.8. The van der Waals surface area contributed by atoms with E-state index in [1.807, 2.05) is 35.0 Å². The maximum absolute atomic E-state index is 12.9. The summed E-state index contributed by atoms with van der Waals surface area (Å²) in [5, 5.41) is 7.74. The minimum atomic E-state index is -0.570. The van der Waals surface area contributed by atoms with Crippen LogP contribution >= 0.6 is 45.8 Å². The fourth-order valence-electron chi connectivity index (χ4n) is 3.36. The van der Waals surface area contributed by atoms with Crippen molar-refractivity contribution in [1.82, 2.24) is 14.9 Å². The number of nitrogens with zero attached hydrogens (tertiary/aromatic N) is 2. The molecule has 12 heteroatoms. The molecule has 2 N–H and O–H groups in total. The summed E-state index contributed by atoms with van der Waals surface area (Å²) in [7, 11) is 3.28. The highest BCUT2D eigenvalue weighted by molar-refractivity contribution is 7.99. The summed E-state index contributed by atoms with van der Waals surface area (Å²) in [5.74, 6) is -1.06. The minimum Gasteiger partial charge on any atom is -0.462 e. The van der Waals surface area contributed by atoms with E-state index in [0.29, 0.717) is 20.6 Å². The lowest BCUT2D eigenvalue weighted by atomic mass is 10.1. The number of carbonyl (C=O) groups is 3. The lowest BCUT2D eigenvalue weighted by Crippen LogP contribution is -2.21. The molecule has 4 rings (SSSR count). The van der Waals surface area contributed by atoms with Crippen molar-refractivity contribution in [2.75, 3.05) is 31.8 Å². The highest BCUT2D eigenvalue weighted by Gasteiger charge is 2.27. The van der Waals surface area contributed by atoms with Crippen LogP contribution in [0.25, 0.3) is 21.1 Å². The van der Waals surface area contributed by atoms with Crippen LogP contribution < -0.4 is 5.32 Å². The number of rotatable bonds is 9. The van der Waals surface area contributed by atoms with Crippen LogP contribution in [0.3, 0.4) is 0 Å². The van der Waals surface area contributed by atoms with Gasteiger partial charge in [-0.15, -0.1) is 34.0 Å². The first-order chi connectivity index (χ1) is 17.3. The van der Waals surface area contributed by atoms with Crippen molar-refractivity contribution in [3.63, 3.8) is 0 Å². The van der Waals surface area contributed by atoms with E-state index >= 15 is 0 Å². The Hall–Kier alpha value is -2.93. The number of anilines is 1. The summed E-state index contributed by atoms with van der Waals surface area (Å²) in [5.41, 5.74) is 2.47. The number of imidazole rings is 1. The fraction of sp³-hybridized carbons (Fsp3) is 0.250. The maximum Gasteiger partial charge on any atom is 0.341 e. The van der Waals surface area contributed by atoms with Crippen LogP contribution in [0.2, 0.25) is 0 Å². The summed E-state index contributed by atoms with van der Waals surface area (Å²) in [6, 6.07) is 8.01. The first-order valence-electron chi connectivity index (χ1n) is 10.9. The van der Waals surface area contributed by atoms with Gasteiger partial charge in [-0.25, -0.2) is 9.78 Å². The molecule has 0 atom stereocenters. The Labute approximate surface area is 224 Å². The number of hydrogen-bond acceptors (Lipinski definition) is 9. The Morgan fingerprint density at radius 1 is 1.14 bits per heavy atom. The monoisotopic (exact) mass is 560 g/mol. The van der Waals surface area contributed by atoms with Gasteiger partial charge in [0.1, 0.15) is 10.7 Å². The van der Waals surface area contributed by atoms with Gasteiger partial charge in [0.15, 0.2) is 5.16 Å². The highest BCUT2D eigenvalue weighted by Crippen LogP contribution is 2.37. The fourth-order valence-corrected chi connectivity index (χ4v) is 6.71. The van der Waals surface area contributed by atoms with Crippen molar-refractivity contribution in [1.29, 1.82) is 0 Å². The number of nitrogens with one attached hydrogen (secondary N) is 2. The normalized spacial score (nSPS) is 10.9. The third-order valence-corrected chi connectivity index (χ3v) is 8.86. The van der Waals surface area contributed by atoms with Gasteiger partial charge >= 0.3 is 5.97 Å². The van der Waals surface area contributed by atoms with E-state index < -0.39 is 5.97 Å². The summed E-state index contributed by atoms with van der Waals surface area (Å²) < 4.78 is 5.17. The van der Waals surface area contributed by atoms with Gasteiger partial charge in [-0.2, -0.15) is 0 Å². The number of H-pyrrole nitrogens is 1. The van der Waals surface area contributed by atoms with E-state index in [-0.39, 0.29) is 29.7 Å². The molecule has 0 unspecified atom stereocenters. The highest BCUT2D eigenvalue weighted by atomic mass is 32.2. The number of aromatic nitrogens is 2. The van der Waals surface area contributed by atoms with Crippen molar-refractivity contribution >= 4 is 68.6 Å². The van der Waals surface area contributed by atoms with Gasteiger partial charge in [0, 0.05) is 14.1 Å². The van der Waals surface area contributed by atoms with Gasteiger partial charge in [0.25, 0.3) is 5.91 Å². The number of esters is 1. The predicted molar refractivity (Wildman–Crippen MR) is 148 cm³/mol. The zero-order valence-corrected chi connectivity index (χ0v) is 23.3. The Bertz CT molecular complexity index is 1320. The van der Waals surface area contributed by atoms with Crippen molar-refractivity contribution in [3.05, 3.63) is 51.0 Å². The molecule has 0 radical (unpaired) electrons. The van der Waals surface area contributed by atoms with Crippen molar-refractivity contribution in [2.45, 2.75) is 19.0 Å². The number of amides is 2. The molecule has 0 aliphatic heterocycles. The lowest BCUT2D eigenvalue weighted by molar-refractivity contribution is -0.113. The molecule has 0 saturated carbocycles. The van der Waals surface area contributed by atoms with Gasteiger partial charge in [-0.05, 0) is 42.3 Å². The number of carbonyl (C=O) groups excluding carboxylic acids is 3. The van der Waals surface area contributed by atoms with E-state index in [4.69, 9.17) is 9.72 Å². The number of thiophene rings is 3. The summed E-state index contributed by atoms with van der Waals surface area (Å²) >= 11 is 5.56. The molecule has 0 saturated heterocycles. The molecule has 188 valence electrons. The molecule has 0 aliphatic rings. The zero-order valence-electron chi connectivity index (χ0n) is 20.0. The molecule has 0 fully saturated rings. The molecule has 0 spiro atoms. The molecule has 4 heterocycles. The molecule has 0 aromatic carbocycles. The molecule has 36 heavy (non-hydrogen) atoms. The van der Waals surface area contributed by atoms with Gasteiger partial charge in [0.05, 0.1) is 38.2 Å². The van der Waals surface area contributed by atoms with Crippen LogP contribution in [0.15, 0.2) is 40.2 Å². The number of thioether (sulfide) groups is 1. The Morgan fingerprint density at radius 3 is 2.44 bits per heavy atom. The maximum atomic E-state index is 12.9. The average Bonchev–Trinajstić information content (AvgIpc) is 3.64. The first kappa shape index (κ1) is 26.1. The standard InChI is InChI=1S/C24H24N4O4S4/c1-5-32-23(31)17-13(2)20(22(30)28(3)4)36-21(17)25-16(29)12-35-24-26-18(14-8-6-10-33-14)19(27-24)15-9-7-11-34-15/h6-11H,5,12H2,1-4H3,(H,25,29)(H,26,27). The summed E-state index contributed by atoms with van der Waals surface area (Å²) in [4.78, 5) is 50.1. The van der Waals surface area contributed by atoms with Crippen molar-refractivity contribution < 1.29 is 19.1 Å². The summed E-state index contributed by atoms with van der Waals surface area (Å²) in [6.07, 6.45) is 0. The number of ether oxygens (including phenoxy) is 1. The number of aromatic amines is 1.